The zero-order valence-electron chi connectivity index (χ0n) is 12.2. The van der Waals surface area contributed by atoms with Gasteiger partial charge in [-0.15, -0.1) is 0 Å². The monoisotopic (exact) mass is 375 g/mol. The molecule has 1 aliphatic rings. The highest BCUT2D eigenvalue weighted by Gasteiger charge is 2.21. The van der Waals surface area contributed by atoms with Crippen molar-refractivity contribution in [3.63, 3.8) is 0 Å². The van der Waals surface area contributed by atoms with Crippen LogP contribution in [0, 0.1) is 0 Å². The molecule has 3 N–H and O–H groups in total. The van der Waals surface area contributed by atoms with E-state index in [1.165, 1.54) is 31.7 Å². The Bertz CT molecular complexity index is 586. The molecule has 1 aromatic rings. The van der Waals surface area contributed by atoms with Crippen LogP contribution in [-0.4, -0.2) is 39.5 Å². The summed E-state index contributed by atoms with van der Waals surface area (Å²) in [5.74, 6) is 0. The predicted molar refractivity (Wildman–Crippen MR) is 88.6 cm³/mol. The fourth-order valence-corrected chi connectivity index (χ4v) is 4.71. The van der Waals surface area contributed by atoms with Gasteiger partial charge in [0.05, 0.1) is 4.90 Å². The minimum atomic E-state index is -3.54. The maximum absolute atomic E-state index is 12.3. The molecule has 0 atom stereocenters. The van der Waals surface area contributed by atoms with Gasteiger partial charge in [-0.3, -0.25) is 0 Å². The average molecular weight is 376 g/mol. The molecular formula is C14H22BrN3O2S. The summed E-state index contributed by atoms with van der Waals surface area (Å²) in [5.41, 5.74) is 6.09. The number of hydrogen-bond acceptors (Lipinski definition) is 4. The van der Waals surface area contributed by atoms with E-state index in [9.17, 15) is 8.42 Å². The Hall–Kier alpha value is -0.630. The normalized spacial score (nSPS) is 16.7. The first kappa shape index (κ1) is 16.7. The number of hydrogen-bond donors (Lipinski definition) is 2. The van der Waals surface area contributed by atoms with E-state index in [1.54, 1.807) is 12.1 Å². The smallest absolute Gasteiger partial charge is 0.241 e. The molecule has 1 fully saturated rings. The van der Waals surface area contributed by atoms with Crippen LogP contribution in [0.25, 0.3) is 0 Å². The quantitative estimate of drug-likeness (QED) is 0.747. The minimum Gasteiger partial charge on any atom is -0.399 e. The van der Waals surface area contributed by atoms with Gasteiger partial charge in [0.1, 0.15) is 0 Å². The van der Waals surface area contributed by atoms with Crippen LogP contribution in [0.3, 0.4) is 0 Å². The molecule has 1 saturated carbocycles. The molecule has 118 valence electrons. The van der Waals surface area contributed by atoms with Gasteiger partial charge in [-0.05, 0) is 54.0 Å². The summed E-state index contributed by atoms with van der Waals surface area (Å²) in [6.45, 7) is 1.11. The number of benzene rings is 1. The Morgan fingerprint density at radius 1 is 1.38 bits per heavy atom. The average Bonchev–Trinajstić information content (AvgIpc) is 2.95. The van der Waals surface area contributed by atoms with Gasteiger partial charge in [0.15, 0.2) is 0 Å². The SMILES string of the molecule is CN(CCNS(=O)(=O)c1cc(N)ccc1Br)C1CCCC1. The minimum absolute atomic E-state index is 0.186. The van der Waals surface area contributed by atoms with Crippen LogP contribution < -0.4 is 10.5 Å². The van der Waals surface area contributed by atoms with Crippen molar-refractivity contribution < 1.29 is 8.42 Å². The zero-order valence-corrected chi connectivity index (χ0v) is 14.6. The lowest BCUT2D eigenvalue weighted by Gasteiger charge is -2.23. The van der Waals surface area contributed by atoms with Crippen molar-refractivity contribution in [2.75, 3.05) is 25.9 Å². The van der Waals surface area contributed by atoms with E-state index in [4.69, 9.17) is 5.73 Å². The number of nitrogens with two attached hydrogens (primary N) is 1. The second-order valence-electron chi connectivity index (χ2n) is 5.51. The van der Waals surface area contributed by atoms with Crippen molar-refractivity contribution in [1.29, 1.82) is 0 Å². The first-order valence-corrected chi connectivity index (χ1v) is 9.43. The number of halogens is 1. The lowest BCUT2D eigenvalue weighted by atomic mass is 10.2. The van der Waals surface area contributed by atoms with Gasteiger partial charge in [0.2, 0.25) is 10.0 Å². The van der Waals surface area contributed by atoms with Gasteiger partial charge in [0, 0.05) is 29.3 Å². The third kappa shape index (κ3) is 4.42. The van der Waals surface area contributed by atoms with E-state index >= 15 is 0 Å². The van der Waals surface area contributed by atoms with E-state index in [1.807, 2.05) is 0 Å². The Morgan fingerprint density at radius 3 is 2.71 bits per heavy atom. The van der Waals surface area contributed by atoms with Crippen molar-refractivity contribution in [2.24, 2.45) is 0 Å². The Morgan fingerprint density at radius 2 is 2.05 bits per heavy atom. The van der Waals surface area contributed by atoms with Crippen LogP contribution >= 0.6 is 15.9 Å². The lowest BCUT2D eigenvalue weighted by Crippen LogP contribution is -2.37. The Kier molecular flexibility index (Phi) is 5.65. The Labute approximate surface area is 135 Å². The molecule has 0 bridgehead atoms. The number of rotatable bonds is 6. The van der Waals surface area contributed by atoms with E-state index < -0.39 is 10.0 Å². The van der Waals surface area contributed by atoms with E-state index in [0.29, 0.717) is 29.3 Å². The molecule has 21 heavy (non-hydrogen) atoms. The second-order valence-corrected chi connectivity index (χ2v) is 8.10. The van der Waals surface area contributed by atoms with Crippen molar-refractivity contribution in [1.82, 2.24) is 9.62 Å². The topological polar surface area (TPSA) is 75.4 Å². The number of anilines is 1. The van der Waals surface area contributed by atoms with Crippen LogP contribution in [0.1, 0.15) is 25.7 Å². The van der Waals surface area contributed by atoms with E-state index in [0.717, 1.165) is 0 Å². The lowest BCUT2D eigenvalue weighted by molar-refractivity contribution is 0.250. The van der Waals surface area contributed by atoms with Gasteiger partial charge in [0.25, 0.3) is 0 Å². The first-order valence-electron chi connectivity index (χ1n) is 7.15. The molecule has 2 rings (SSSR count). The zero-order chi connectivity index (χ0) is 15.5. The number of sulfonamides is 1. The van der Waals surface area contributed by atoms with Crippen molar-refractivity contribution >= 4 is 31.6 Å². The highest BCUT2D eigenvalue weighted by molar-refractivity contribution is 9.10. The second kappa shape index (κ2) is 7.09. The molecule has 7 heteroatoms. The fraction of sp³-hybridized carbons (Fsp3) is 0.571. The molecule has 0 aliphatic heterocycles. The molecular weight excluding hydrogens is 354 g/mol. The summed E-state index contributed by atoms with van der Waals surface area (Å²) in [6.07, 6.45) is 4.97. The van der Waals surface area contributed by atoms with E-state index in [2.05, 4.69) is 32.6 Å². The van der Waals surface area contributed by atoms with Gasteiger partial charge in [-0.1, -0.05) is 12.8 Å². The molecule has 0 saturated heterocycles. The number of nitrogens with zero attached hydrogens (tertiary/aromatic N) is 1. The third-order valence-electron chi connectivity index (χ3n) is 3.95. The summed E-state index contributed by atoms with van der Waals surface area (Å²) >= 11 is 3.26. The molecule has 0 heterocycles. The first-order chi connectivity index (χ1) is 9.90. The largest absolute Gasteiger partial charge is 0.399 e. The van der Waals surface area contributed by atoms with Crippen LogP contribution in [0.2, 0.25) is 0 Å². The molecule has 1 aromatic carbocycles. The number of nitrogens with one attached hydrogen (secondary N) is 1. The third-order valence-corrected chi connectivity index (χ3v) is 6.40. The summed E-state index contributed by atoms with van der Waals surface area (Å²) in [4.78, 5) is 2.43. The molecule has 0 amide bonds. The molecule has 0 spiro atoms. The van der Waals surface area contributed by atoms with Gasteiger partial charge >= 0.3 is 0 Å². The van der Waals surface area contributed by atoms with Crippen molar-refractivity contribution in [3.8, 4) is 0 Å². The fourth-order valence-electron chi connectivity index (χ4n) is 2.69. The summed E-state index contributed by atoms with van der Waals surface area (Å²) in [5, 5.41) is 0. The standard InChI is InChI=1S/C14H22BrN3O2S/c1-18(12-4-2-3-5-12)9-8-17-21(19,20)14-10-11(16)6-7-13(14)15/h6-7,10,12,17H,2-5,8-9,16H2,1H3. The summed E-state index contributed by atoms with van der Waals surface area (Å²) in [7, 11) is -1.48. The van der Waals surface area contributed by atoms with Crippen molar-refractivity contribution in [2.45, 2.75) is 36.6 Å². The molecule has 0 unspecified atom stereocenters. The summed E-state index contributed by atoms with van der Waals surface area (Å²) < 4.78 is 27.7. The van der Waals surface area contributed by atoms with Gasteiger partial charge in [-0.25, -0.2) is 13.1 Å². The number of likely N-dealkylation sites (N-methyl/N-ethyl adjacent to an activating group) is 1. The van der Waals surface area contributed by atoms with E-state index in [-0.39, 0.29) is 4.90 Å². The molecule has 5 nitrogen and oxygen atoms in total. The highest BCUT2D eigenvalue weighted by atomic mass is 79.9. The van der Waals surface area contributed by atoms with Gasteiger partial charge < -0.3 is 10.6 Å². The van der Waals surface area contributed by atoms with Crippen LogP contribution in [0.4, 0.5) is 5.69 Å². The van der Waals surface area contributed by atoms with Crippen LogP contribution in [-0.2, 0) is 10.0 Å². The Balaban J connectivity index is 1.93. The summed E-state index contributed by atoms with van der Waals surface area (Å²) in [6, 6.07) is 5.37. The number of nitrogen functional groups attached to an aromatic ring is 1. The molecule has 1 aliphatic carbocycles. The maximum Gasteiger partial charge on any atom is 0.241 e. The van der Waals surface area contributed by atoms with Crippen molar-refractivity contribution in [3.05, 3.63) is 22.7 Å². The maximum atomic E-state index is 12.3. The molecule has 0 radical (unpaired) electrons. The van der Waals surface area contributed by atoms with Gasteiger partial charge in [-0.2, -0.15) is 0 Å². The van der Waals surface area contributed by atoms with Crippen LogP contribution in [0.5, 0.6) is 0 Å². The molecule has 0 aromatic heterocycles. The predicted octanol–water partition coefficient (Wildman–Crippen LogP) is 2.18. The van der Waals surface area contributed by atoms with Crippen LogP contribution in [0.15, 0.2) is 27.6 Å². The highest BCUT2D eigenvalue weighted by Crippen LogP contribution is 2.24.